The van der Waals surface area contributed by atoms with E-state index in [1.165, 1.54) is 0 Å². The van der Waals surface area contributed by atoms with Crippen LogP contribution in [0.3, 0.4) is 0 Å². The van der Waals surface area contributed by atoms with Gasteiger partial charge in [0.1, 0.15) is 10.8 Å². The molecule has 0 saturated heterocycles. The van der Waals surface area contributed by atoms with Gasteiger partial charge in [0.2, 0.25) is 5.88 Å². The zero-order chi connectivity index (χ0) is 17.2. The van der Waals surface area contributed by atoms with E-state index in [1.54, 1.807) is 31.8 Å². The number of aromatic nitrogens is 3. The number of anilines is 1. The van der Waals surface area contributed by atoms with Crippen molar-refractivity contribution in [2.45, 2.75) is 44.2 Å². The number of rotatable bonds is 4. The highest BCUT2D eigenvalue weighted by Gasteiger charge is 2.29. The largest absolute Gasteiger partial charge is 0.479 e. The van der Waals surface area contributed by atoms with Crippen molar-refractivity contribution < 1.29 is 9.84 Å². The van der Waals surface area contributed by atoms with Crippen LogP contribution in [0.15, 0.2) is 24.7 Å². The van der Waals surface area contributed by atoms with Crippen LogP contribution in [0.5, 0.6) is 5.88 Å². The number of pyridine rings is 1. The Balaban J connectivity index is 1.89. The van der Waals surface area contributed by atoms with Gasteiger partial charge in [-0.2, -0.15) is 0 Å². The smallest absolute Gasteiger partial charge is 0.240 e. The molecule has 0 aliphatic heterocycles. The Morgan fingerprint density at radius 3 is 2.67 bits per heavy atom. The Labute approximate surface area is 146 Å². The summed E-state index contributed by atoms with van der Waals surface area (Å²) in [6, 6.07) is 2.06. The van der Waals surface area contributed by atoms with Crippen LogP contribution in [0.25, 0.3) is 11.3 Å². The molecule has 2 heterocycles. The lowest BCUT2D eigenvalue weighted by Crippen LogP contribution is -2.35. The van der Waals surface area contributed by atoms with Gasteiger partial charge in [-0.25, -0.2) is 15.0 Å². The molecule has 128 valence electrons. The lowest BCUT2D eigenvalue weighted by molar-refractivity contribution is 0.0196. The first-order chi connectivity index (χ1) is 11.5. The van der Waals surface area contributed by atoms with E-state index < -0.39 is 5.60 Å². The van der Waals surface area contributed by atoms with Crippen LogP contribution in [-0.2, 0) is 0 Å². The molecule has 1 fully saturated rings. The number of halogens is 1. The molecule has 0 amide bonds. The van der Waals surface area contributed by atoms with E-state index >= 15 is 0 Å². The van der Waals surface area contributed by atoms with Crippen molar-refractivity contribution in [3.63, 3.8) is 0 Å². The number of nitrogens with zero attached hydrogens (tertiary/aromatic N) is 3. The van der Waals surface area contributed by atoms with Crippen LogP contribution in [0, 0.1) is 0 Å². The third-order valence-corrected chi connectivity index (χ3v) is 4.61. The second-order valence-electron chi connectivity index (χ2n) is 6.38. The molecule has 0 aromatic carbocycles. The summed E-state index contributed by atoms with van der Waals surface area (Å²) in [4.78, 5) is 12.7. The number of nitrogens with one attached hydrogen (secondary N) is 1. The summed E-state index contributed by atoms with van der Waals surface area (Å²) in [6.07, 6.45) is 8.21. The summed E-state index contributed by atoms with van der Waals surface area (Å²) >= 11 is 6.08. The molecule has 2 aromatic heterocycles. The SMILES string of the molecule is COc1nccnc1-c1cnc(Cl)cc1NC1CCC(C)(O)CC1. The van der Waals surface area contributed by atoms with E-state index in [-0.39, 0.29) is 6.04 Å². The maximum absolute atomic E-state index is 10.1. The van der Waals surface area contributed by atoms with Crippen LogP contribution >= 0.6 is 11.6 Å². The zero-order valence-corrected chi connectivity index (χ0v) is 14.5. The van der Waals surface area contributed by atoms with Crippen molar-refractivity contribution >= 4 is 17.3 Å². The lowest BCUT2D eigenvalue weighted by atomic mass is 9.83. The molecule has 1 aliphatic carbocycles. The summed E-state index contributed by atoms with van der Waals surface area (Å²) in [5.41, 5.74) is 1.70. The molecule has 0 spiro atoms. The molecule has 1 aliphatic rings. The Morgan fingerprint density at radius 1 is 1.25 bits per heavy atom. The van der Waals surface area contributed by atoms with E-state index in [4.69, 9.17) is 16.3 Å². The fourth-order valence-corrected chi connectivity index (χ4v) is 3.16. The molecule has 3 rings (SSSR count). The van der Waals surface area contributed by atoms with Gasteiger partial charge in [0.15, 0.2) is 0 Å². The molecule has 0 atom stereocenters. The Bertz CT molecular complexity index is 713. The van der Waals surface area contributed by atoms with Crippen LogP contribution in [0.1, 0.15) is 32.6 Å². The van der Waals surface area contributed by atoms with E-state index in [1.807, 2.05) is 6.92 Å². The minimum atomic E-state index is -0.564. The summed E-state index contributed by atoms with van der Waals surface area (Å²) in [5, 5.41) is 14.0. The normalized spacial score (nSPS) is 23.8. The second kappa shape index (κ2) is 6.91. The van der Waals surface area contributed by atoms with Crippen LogP contribution in [-0.4, -0.2) is 38.8 Å². The number of hydrogen-bond acceptors (Lipinski definition) is 6. The van der Waals surface area contributed by atoms with Gasteiger partial charge in [-0.3, -0.25) is 0 Å². The van der Waals surface area contributed by atoms with Crippen molar-refractivity contribution in [2.75, 3.05) is 12.4 Å². The molecule has 1 saturated carbocycles. The van der Waals surface area contributed by atoms with Gasteiger partial charge in [0.25, 0.3) is 0 Å². The predicted octanol–water partition coefficient (Wildman–Crippen LogP) is 3.31. The zero-order valence-electron chi connectivity index (χ0n) is 13.8. The number of hydrogen-bond donors (Lipinski definition) is 2. The third-order valence-electron chi connectivity index (χ3n) is 4.41. The first-order valence-corrected chi connectivity index (χ1v) is 8.36. The highest BCUT2D eigenvalue weighted by atomic mass is 35.5. The molecule has 24 heavy (non-hydrogen) atoms. The van der Waals surface area contributed by atoms with E-state index in [0.29, 0.717) is 16.7 Å². The standard InChI is InChI=1S/C17H21ClN4O2/c1-17(23)5-3-11(4-6-17)22-13-9-14(18)21-10-12(13)15-16(24-2)20-8-7-19-15/h7-11,23H,3-6H2,1-2H3,(H,21,22). The lowest BCUT2D eigenvalue weighted by Gasteiger charge is -2.34. The predicted molar refractivity (Wildman–Crippen MR) is 93.3 cm³/mol. The molecule has 2 aromatic rings. The average molecular weight is 349 g/mol. The second-order valence-corrected chi connectivity index (χ2v) is 6.77. The van der Waals surface area contributed by atoms with Crippen LogP contribution < -0.4 is 10.1 Å². The summed E-state index contributed by atoms with van der Waals surface area (Å²) in [6.45, 7) is 1.89. The maximum atomic E-state index is 10.1. The quantitative estimate of drug-likeness (QED) is 0.825. The van der Waals surface area contributed by atoms with Crippen molar-refractivity contribution in [2.24, 2.45) is 0 Å². The van der Waals surface area contributed by atoms with Crippen LogP contribution in [0.2, 0.25) is 5.15 Å². The van der Waals surface area contributed by atoms with Gasteiger partial charge in [-0.15, -0.1) is 0 Å². The van der Waals surface area contributed by atoms with Crippen molar-refractivity contribution in [3.8, 4) is 17.1 Å². The van der Waals surface area contributed by atoms with Crippen molar-refractivity contribution in [1.82, 2.24) is 15.0 Å². The summed E-state index contributed by atoms with van der Waals surface area (Å²) in [5.74, 6) is 0.441. The molecule has 7 heteroatoms. The number of methoxy groups -OCH3 is 1. The van der Waals surface area contributed by atoms with E-state index in [0.717, 1.165) is 36.9 Å². The molecule has 6 nitrogen and oxygen atoms in total. The fraction of sp³-hybridized carbons (Fsp3) is 0.471. The molecular formula is C17H21ClN4O2. The molecular weight excluding hydrogens is 328 g/mol. The van der Waals surface area contributed by atoms with Crippen LogP contribution in [0.4, 0.5) is 5.69 Å². The Morgan fingerprint density at radius 2 is 1.96 bits per heavy atom. The Kier molecular flexibility index (Phi) is 4.87. The first kappa shape index (κ1) is 16.9. The minimum absolute atomic E-state index is 0.269. The van der Waals surface area contributed by atoms with Gasteiger partial charge in [-0.1, -0.05) is 11.6 Å². The van der Waals surface area contributed by atoms with Gasteiger partial charge >= 0.3 is 0 Å². The van der Waals surface area contributed by atoms with Crippen molar-refractivity contribution in [1.29, 1.82) is 0 Å². The Hall–Kier alpha value is -1.92. The molecule has 0 unspecified atom stereocenters. The van der Waals surface area contributed by atoms with Crippen molar-refractivity contribution in [3.05, 3.63) is 29.8 Å². The first-order valence-electron chi connectivity index (χ1n) is 7.98. The summed E-state index contributed by atoms with van der Waals surface area (Å²) in [7, 11) is 1.56. The van der Waals surface area contributed by atoms with E-state index in [2.05, 4.69) is 20.3 Å². The van der Waals surface area contributed by atoms with Gasteiger partial charge in [0.05, 0.1) is 12.7 Å². The molecule has 0 radical (unpaired) electrons. The third kappa shape index (κ3) is 3.76. The van der Waals surface area contributed by atoms with Gasteiger partial charge in [0, 0.05) is 35.9 Å². The minimum Gasteiger partial charge on any atom is -0.479 e. The van der Waals surface area contributed by atoms with Gasteiger partial charge < -0.3 is 15.2 Å². The molecule has 2 N–H and O–H groups in total. The highest BCUT2D eigenvalue weighted by Crippen LogP contribution is 2.35. The number of ether oxygens (including phenoxy) is 1. The topological polar surface area (TPSA) is 80.2 Å². The van der Waals surface area contributed by atoms with E-state index in [9.17, 15) is 5.11 Å². The number of aliphatic hydroxyl groups is 1. The summed E-state index contributed by atoms with van der Waals surface area (Å²) < 4.78 is 5.31. The monoisotopic (exact) mass is 348 g/mol. The van der Waals surface area contributed by atoms with Gasteiger partial charge in [-0.05, 0) is 38.7 Å². The molecule has 0 bridgehead atoms. The maximum Gasteiger partial charge on any atom is 0.240 e. The highest BCUT2D eigenvalue weighted by molar-refractivity contribution is 6.29. The fourth-order valence-electron chi connectivity index (χ4n) is 3.00. The average Bonchev–Trinajstić information content (AvgIpc) is 2.57.